The zero-order valence-electron chi connectivity index (χ0n) is 24.4. The molecule has 10 rings (SSSR count). The van der Waals surface area contributed by atoms with Crippen molar-refractivity contribution in [1.82, 2.24) is 4.57 Å². The van der Waals surface area contributed by atoms with Crippen LogP contribution >= 0.6 is 0 Å². The second-order valence-corrected chi connectivity index (χ2v) is 12.0. The molecule has 7 aromatic carbocycles. The standard InChI is InChI=1S/C43H27NO/c1-2-12-28(13-3-1)29-24-26-30(27-25-29)31-15-10-20-37-42(31)45-40-23-9-6-18-35(40)43(37)34-17-5-8-22-39(34)44-38-21-7-4-14-32(38)33-16-11-19-36(43)41(33)44/h1-27H. The van der Waals surface area contributed by atoms with Gasteiger partial charge in [-0.2, -0.15) is 0 Å². The van der Waals surface area contributed by atoms with Gasteiger partial charge in [-0.05, 0) is 46.0 Å². The average molecular weight is 574 g/mol. The van der Waals surface area contributed by atoms with E-state index in [1.807, 2.05) is 0 Å². The molecule has 0 fully saturated rings. The Balaban J connectivity index is 1.31. The molecule has 1 atom stereocenters. The second-order valence-electron chi connectivity index (χ2n) is 12.0. The summed E-state index contributed by atoms with van der Waals surface area (Å²) in [5, 5.41) is 2.55. The third-order valence-corrected chi connectivity index (χ3v) is 9.87. The summed E-state index contributed by atoms with van der Waals surface area (Å²) < 4.78 is 9.43. The van der Waals surface area contributed by atoms with Gasteiger partial charge in [-0.1, -0.05) is 146 Å². The minimum Gasteiger partial charge on any atom is -0.456 e. The zero-order valence-corrected chi connectivity index (χ0v) is 24.4. The topological polar surface area (TPSA) is 14.2 Å². The van der Waals surface area contributed by atoms with Crippen molar-refractivity contribution in [3.05, 3.63) is 186 Å². The van der Waals surface area contributed by atoms with Gasteiger partial charge in [-0.25, -0.2) is 0 Å². The maximum absolute atomic E-state index is 6.96. The third-order valence-electron chi connectivity index (χ3n) is 9.87. The van der Waals surface area contributed by atoms with Gasteiger partial charge in [-0.15, -0.1) is 0 Å². The van der Waals surface area contributed by atoms with Crippen LogP contribution in [0.3, 0.4) is 0 Å². The van der Waals surface area contributed by atoms with Crippen LogP contribution in [0.2, 0.25) is 0 Å². The summed E-state index contributed by atoms with van der Waals surface area (Å²) in [6.07, 6.45) is 0. The van der Waals surface area contributed by atoms with Gasteiger partial charge in [0.2, 0.25) is 0 Å². The summed E-state index contributed by atoms with van der Waals surface area (Å²) in [4.78, 5) is 0. The van der Waals surface area contributed by atoms with Gasteiger partial charge in [0, 0.05) is 27.5 Å². The minimum absolute atomic E-state index is 0.565. The fourth-order valence-corrected chi connectivity index (χ4v) is 8.05. The first-order valence-corrected chi connectivity index (χ1v) is 15.5. The lowest BCUT2D eigenvalue weighted by molar-refractivity contribution is 0.435. The molecule has 0 amide bonds. The van der Waals surface area contributed by atoms with E-state index in [4.69, 9.17) is 4.74 Å². The van der Waals surface area contributed by atoms with Gasteiger partial charge in [0.15, 0.2) is 0 Å². The highest BCUT2D eigenvalue weighted by atomic mass is 16.5. The number of hydrogen-bond donors (Lipinski definition) is 0. The molecule has 0 N–H and O–H groups in total. The second kappa shape index (κ2) is 9.07. The van der Waals surface area contributed by atoms with E-state index in [0.29, 0.717) is 0 Å². The molecule has 0 saturated heterocycles. The van der Waals surface area contributed by atoms with E-state index in [0.717, 1.165) is 22.6 Å². The number of fused-ring (bicyclic) bond motifs is 11. The van der Waals surface area contributed by atoms with Crippen molar-refractivity contribution in [3.8, 4) is 39.4 Å². The van der Waals surface area contributed by atoms with Crippen molar-refractivity contribution >= 4 is 21.8 Å². The highest BCUT2D eigenvalue weighted by Crippen LogP contribution is 2.61. The zero-order chi connectivity index (χ0) is 29.5. The Hall–Kier alpha value is -5.86. The third kappa shape index (κ3) is 3.18. The van der Waals surface area contributed by atoms with Crippen LogP contribution in [0.25, 0.3) is 49.7 Å². The molecule has 2 nitrogen and oxygen atoms in total. The summed E-state index contributed by atoms with van der Waals surface area (Å²) in [6.45, 7) is 0. The fourth-order valence-electron chi connectivity index (χ4n) is 8.05. The maximum atomic E-state index is 6.96. The molecular weight excluding hydrogens is 546 g/mol. The van der Waals surface area contributed by atoms with Crippen LogP contribution in [0.15, 0.2) is 164 Å². The largest absolute Gasteiger partial charge is 0.456 e. The Bertz CT molecular complexity index is 2450. The Morgan fingerprint density at radius 3 is 1.93 bits per heavy atom. The number of hydrogen-bond acceptors (Lipinski definition) is 1. The number of ether oxygens (including phenoxy) is 1. The summed E-state index contributed by atoms with van der Waals surface area (Å²) >= 11 is 0. The van der Waals surface area contributed by atoms with Crippen LogP contribution in [0.4, 0.5) is 0 Å². The van der Waals surface area contributed by atoms with E-state index < -0.39 is 5.41 Å². The number of benzene rings is 7. The van der Waals surface area contributed by atoms with Crippen LogP contribution < -0.4 is 4.74 Å². The molecule has 2 heteroatoms. The van der Waals surface area contributed by atoms with E-state index >= 15 is 0 Å². The quantitative estimate of drug-likeness (QED) is 0.201. The Kier molecular flexibility index (Phi) is 4.95. The van der Waals surface area contributed by atoms with Crippen LogP contribution in [0, 0.1) is 0 Å². The first-order valence-electron chi connectivity index (χ1n) is 15.5. The summed E-state index contributed by atoms with van der Waals surface area (Å²) in [6, 6.07) is 59.3. The van der Waals surface area contributed by atoms with Crippen LogP contribution in [-0.2, 0) is 5.41 Å². The van der Waals surface area contributed by atoms with E-state index in [2.05, 4.69) is 168 Å². The lowest BCUT2D eigenvalue weighted by Gasteiger charge is -2.45. The van der Waals surface area contributed by atoms with Gasteiger partial charge in [0.1, 0.15) is 11.5 Å². The summed E-state index contributed by atoms with van der Waals surface area (Å²) in [7, 11) is 0. The molecule has 45 heavy (non-hydrogen) atoms. The van der Waals surface area contributed by atoms with E-state index in [1.165, 1.54) is 60.9 Å². The molecule has 1 aromatic heterocycles. The SMILES string of the molecule is c1ccc(-c2ccc(-c3cccc4c3Oc3ccccc3C43c4ccccc4-n4c5ccccc5c5cccc3c54)cc2)cc1. The molecular formula is C43H27NO. The number of nitrogens with zero attached hydrogens (tertiary/aromatic N) is 1. The van der Waals surface area contributed by atoms with Crippen molar-refractivity contribution < 1.29 is 4.74 Å². The van der Waals surface area contributed by atoms with Crippen LogP contribution in [-0.4, -0.2) is 4.57 Å². The molecule has 1 spiro atoms. The highest BCUT2D eigenvalue weighted by molar-refractivity contribution is 6.12. The molecule has 0 bridgehead atoms. The first kappa shape index (κ1) is 24.6. The van der Waals surface area contributed by atoms with Gasteiger partial charge in [-0.3, -0.25) is 0 Å². The molecule has 1 unspecified atom stereocenters. The lowest BCUT2D eigenvalue weighted by atomic mass is 9.61. The highest BCUT2D eigenvalue weighted by Gasteiger charge is 2.50. The predicted octanol–water partition coefficient (Wildman–Crippen LogP) is 10.9. The van der Waals surface area contributed by atoms with E-state index in [1.54, 1.807) is 0 Å². The maximum Gasteiger partial charge on any atom is 0.140 e. The van der Waals surface area contributed by atoms with Gasteiger partial charge < -0.3 is 9.30 Å². The number of para-hydroxylation sites is 5. The molecule has 210 valence electrons. The Morgan fingerprint density at radius 2 is 1.04 bits per heavy atom. The van der Waals surface area contributed by atoms with Crippen molar-refractivity contribution in [3.63, 3.8) is 0 Å². The van der Waals surface area contributed by atoms with Gasteiger partial charge >= 0.3 is 0 Å². The van der Waals surface area contributed by atoms with Gasteiger partial charge in [0.05, 0.1) is 22.1 Å². The van der Waals surface area contributed by atoms with Crippen molar-refractivity contribution in [1.29, 1.82) is 0 Å². The Morgan fingerprint density at radius 1 is 0.422 bits per heavy atom. The van der Waals surface area contributed by atoms with Crippen molar-refractivity contribution in [2.24, 2.45) is 0 Å². The molecule has 0 aliphatic carbocycles. The monoisotopic (exact) mass is 573 g/mol. The predicted molar refractivity (Wildman–Crippen MR) is 184 cm³/mol. The van der Waals surface area contributed by atoms with Crippen LogP contribution in [0.5, 0.6) is 11.5 Å². The van der Waals surface area contributed by atoms with Gasteiger partial charge in [0.25, 0.3) is 0 Å². The van der Waals surface area contributed by atoms with Crippen molar-refractivity contribution in [2.45, 2.75) is 5.41 Å². The first-order chi connectivity index (χ1) is 22.3. The minimum atomic E-state index is -0.565. The summed E-state index contributed by atoms with van der Waals surface area (Å²) in [5.74, 6) is 1.81. The average Bonchev–Trinajstić information content (AvgIpc) is 3.46. The fraction of sp³-hybridized carbons (Fsp3) is 0.0233. The van der Waals surface area contributed by atoms with E-state index in [-0.39, 0.29) is 0 Å². The molecule has 3 heterocycles. The molecule has 2 aliphatic heterocycles. The van der Waals surface area contributed by atoms with Crippen LogP contribution in [0.1, 0.15) is 22.3 Å². The molecule has 0 radical (unpaired) electrons. The molecule has 2 aliphatic rings. The molecule has 0 saturated carbocycles. The molecule has 8 aromatic rings. The summed E-state index contributed by atoms with van der Waals surface area (Å²) in [5.41, 5.74) is 12.7. The number of rotatable bonds is 2. The normalized spacial score (nSPS) is 15.8. The van der Waals surface area contributed by atoms with Crippen molar-refractivity contribution in [2.75, 3.05) is 0 Å². The van der Waals surface area contributed by atoms with E-state index in [9.17, 15) is 0 Å². The Labute approximate surface area is 261 Å². The lowest BCUT2D eigenvalue weighted by Crippen LogP contribution is -2.37. The smallest absolute Gasteiger partial charge is 0.140 e. The number of aromatic nitrogens is 1.